The monoisotopic (exact) mass is 377 g/mol. The minimum Gasteiger partial charge on any atom is -0.399 e. The number of rotatable bonds is 1. The van der Waals surface area contributed by atoms with Gasteiger partial charge in [-0.15, -0.1) is 0 Å². The third kappa shape index (κ3) is 1.54. The van der Waals surface area contributed by atoms with Crippen molar-refractivity contribution in [3.8, 4) is 0 Å². The third-order valence-electron chi connectivity index (χ3n) is 8.36. The molecule has 5 heterocycles. The van der Waals surface area contributed by atoms with E-state index in [2.05, 4.69) is 39.2 Å². The Hall–Kier alpha value is -2.18. The summed E-state index contributed by atoms with van der Waals surface area (Å²) in [6, 6.07) is 9.21. The first-order valence-corrected chi connectivity index (χ1v) is 10.3. The van der Waals surface area contributed by atoms with E-state index in [9.17, 15) is 4.79 Å². The fourth-order valence-electron chi connectivity index (χ4n) is 7.58. The zero-order chi connectivity index (χ0) is 18.6. The molecule has 6 heteroatoms. The third-order valence-corrected chi connectivity index (χ3v) is 8.36. The van der Waals surface area contributed by atoms with Crippen LogP contribution in [0.2, 0.25) is 0 Å². The lowest BCUT2D eigenvalue weighted by molar-refractivity contribution is -0.118. The Labute approximate surface area is 163 Å². The molecule has 1 aromatic rings. The normalized spacial score (nSPS) is 43.7. The largest absolute Gasteiger partial charge is 0.399 e. The average Bonchev–Trinajstić information content (AvgIpc) is 3.17. The van der Waals surface area contributed by atoms with E-state index >= 15 is 0 Å². The number of hydrogen-bond acceptors (Lipinski definition) is 5. The fourth-order valence-corrected chi connectivity index (χ4v) is 7.58. The maximum absolute atomic E-state index is 13.7. The summed E-state index contributed by atoms with van der Waals surface area (Å²) in [5.41, 5.74) is 4.38. The Morgan fingerprint density at radius 3 is 3.11 bits per heavy atom. The van der Waals surface area contributed by atoms with E-state index in [0.29, 0.717) is 24.3 Å². The number of oxime groups is 1. The zero-order valence-corrected chi connectivity index (χ0v) is 15.9. The summed E-state index contributed by atoms with van der Waals surface area (Å²) in [5.74, 6) is 0.653. The van der Waals surface area contributed by atoms with Crippen LogP contribution in [0.15, 0.2) is 41.1 Å². The van der Waals surface area contributed by atoms with Gasteiger partial charge < -0.3 is 14.5 Å². The molecular weight excluding hydrogens is 354 g/mol. The Balaban J connectivity index is 1.55. The van der Waals surface area contributed by atoms with E-state index in [4.69, 9.17) is 9.57 Å². The topological polar surface area (TPSA) is 54.4 Å². The average molecular weight is 377 g/mol. The molecule has 7 rings (SSSR count). The van der Waals surface area contributed by atoms with Gasteiger partial charge in [0, 0.05) is 29.6 Å². The van der Waals surface area contributed by atoms with Gasteiger partial charge >= 0.3 is 0 Å². The van der Waals surface area contributed by atoms with Crippen LogP contribution in [0.5, 0.6) is 0 Å². The molecule has 6 aliphatic rings. The molecule has 4 fully saturated rings. The molecule has 0 aromatic heterocycles. The van der Waals surface area contributed by atoms with E-state index in [1.54, 1.807) is 0 Å². The summed E-state index contributed by atoms with van der Waals surface area (Å²) < 4.78 is 6.30. The van der Waals surface area contributed by atoms with Gasteiger partial charge in [0.25, 0.3) is 5.91 Å². The molecule has 1 saturated carbocycles. The lowest BCUT2D eigenvalue weighted by Gasteiger charge is -2.58. The number of carbonyl (C=O) groups excluding carboxylic acids is 1. The van der Waals surface area contributed by atoms with E-state index in [1.807, 2.05) is 6.07 Å². The van der Waals surface area contributed by atoms with Crippen molar-refractivity contribution < 1.29 is 14.4 Å². The fraction of sp³-hybridized carbons (Fsp3) is 0.545. The Morgan fingerprint density at radius 1 is 1.32 bits per heavy atom. The van der Waals surface area contributed by atoms with Gasteiger partial charge in [-0.2, -0.15) is 0 Å². The van der Waals surface area contributed by atoms with Crippen LogP contribution in [0.4, 0.5) is 5.69 Å². The van der Waals surface area contributed by atoms with E-state index in [0.717, 1.165) is 31.6 Å². The second-order valence-electron chi connectivity index (χ2n) is 9.03. The van der Waals surface area contributed by atoms with Crippen LogP contribution in [0, 0.1) is 11.8 Å². The molecule has 6 nitrogen and oxygen atoms in total. The van der Waals surface area contributed by atoms with Gasteiger partial charge in [0.2, 0.25) is 0 Å². The molecule has 5 aliphatic heterocycles. The summed E-state index contributed by atoms with van der Waals surface area (Å²) in [7, 11) is 1.51. The van der Waals surface area contributed by atoms with Gasteiger partial charge in [-0.1, -0.05) is 35.0 Å². The predicted octanol–water partition coefficient (Wildman–Crippen LogP) is 1.70. The molecule has 1 amide bonds. The highest BCUT2D eigenvalue weighted by molar-refractivity contribution is 6.46. The number of fused-ring (bicyclic) bond motifs is 2. The maximum Gasteiger partial charge on any atom is 0.279 e. The van der Waals surface area contributed by atoms with Crippen molar-refractivity contribution in [1.29, 1.82) is 0 Å². The molecule has 0 N–H and O–H groups in total. The van der Waals surface area contributed by atoms with Crippen LogP contribution < -0.4 is 4.90 Å². The first-order valence-electron chi connectivity index (χ1n) is 10.3. The second-order valence-corrected chi connectivity index (χ2v) is 9.03. The van der Waals surface area contributed by atoms with Crippen LogP contribution in [0.1, 0.15) is 18.4 Å². The van der Waals surface area contributed by atoms with Crippen molar-refractivity contribution in [2.75, 3.05) is 31.7 Å². The molecule has 2 bridgehead atoms. The van der Waals surface area contributed by atoms with Crippen LogP contribution in [0.25, 0.3) is 0 Å². The number of piperidine rings is 2. The SMILES string of the molecule is CO/N=C1/C(=O)N2c3ccccc3[C@@]34CCN5CC6=CCO[C@@H]1[C@@H]([C@H]23)[C@H]6C[C@H]54. The number of para-hydroxylation sites is 1. The molecule has 1 aliphatic carbocycles. The van der Waals surface area contributed by atoms with Gasteiger partial charge in [0.1, 0.15) is 13.2 Å². The molecule has 6 atom stereocenters. The van der Waals surface area contributed by atoms with Gasteiger partial charge in [-0.05, 0) is 36.9 Å². The predicted molar refractivity (Wildman–Crippen MR) is 103 cm³/mol. The molecule has 3 saturated heterocycles. The van der Waals surface area contributed by atoms with E-state index in [1.165, 1.54) is 18.2 Å². The molecule has 0 radical (unpaired) electrons. The van der Waals surface area contributed by atoms with Crippen molar-refractivity contribution in [2.24, 2.45) is 17.0 Å². The highest BCUT2D eigenvalue weighted by Gasteiger charge is 2.72. The summed E-state index contributed by atoms with van der Waals surface area (Å²) in [4.78, 5) is 23.5. The molecular formula is C22H23N3O3. The summed E-state index contributed by atoms with van der Waals surface area (Å²) in [6.45, 7) is 2.70. The first kappa shape index (κ1) is 15.7. The summed E-state index contributed by atoms with van der Waals surface area (Å²) in [5, 5.41) is 4.20. The number of carbonyl (C=O) groups is 1. The highest BCUT2D eigenvalue weighted by Crippen LogP contribution is 2.65. The van der Waals surface area contributed by atoms with Gasteiger partial charge in [0.05, 0.1) is 12.6 Å². The van der Waals surface area contributed by atoms with Crippen molar-refractivity contribution in [1.82, 2.24) is 4.90 Å². The van der Waals surface area contributed by atoms with E-state index in [-0.39, 0.29) is 29.4 Å². The molecule has 28 heavy (non-hydrogen) atoms. The minimum atomic E-state index is -0.285. The molecule has 1 spiro atoms. The lowest BCUT2D eigenvalue weighted by Crippen LogP contribution is -2.71. The van der Waals surface area contributed by atoms with Crippen LogP contribution >= 0.6 is 0 Å². The molecule has 1 aromatic carbocycles. The number of ether oxygens (including phenoxy) is 1. The minimum absolute atomic E-state index is 0.0174. The van der Waals surface area contributed by atoms with Crippen LogP contribution in [-0.2, 0) is 19.8 Å². The number of anilines is 1. The number of hydrogen-bond donors (Lipinski definition) is 0. The second kappa shape index (κ2) is 5.05. The summed E-state index contributed by atoms with van der Waals surface area (Å²) in [6.07, 6.45) is 4.25. The van der Waals surface area contributed by atoms with Crippen molar-refractivity contribution >= 4 is 17.3 Å². The van der Waals surface area contributed by atoms with Gasteiger partial charge in [-0.25, -0.2) is 0 Å². The standard InChI is InChI=1S/C22H23N3O3/c1-27-23-18-19-17-13-10-16-22(7-8-24(16)11-12(13)6-9-28-19)14-4-2-3-5-15(14)25(20(17)22)21(18)26/h2-6,13,16-17,19-20H,7-11H2,1H3/b23-18+/t13-,16-,17-,19+,20-,22+/m0/s1. The first-order chi connectivity index (χ1) is 13.8. The zero-order valence-electron chi connectivity index (χ0n) is 15.9. The quantitative estimate of drug-likeness (QED) is 0.552. The van der Waals surface area contributed by atoms with Gasteiger partial charge in [0.15, 0.2) is 5.71 Å². The lowest BCUT2D eigenvalue weighted by atomic mass is 9.53. The van der Waals surface area contributed by atoms with Gasteiger partial charge in [-0.3, -0.25) is 9.69 Å². The number of amides is 1. The van der Waals surface area contributed by atoms with Crippen LogP contribution in [0.3, 0.4) is 0 Å². The molecule has 144 valence electrons. The van der Waals surface area contributed by atoms with Crippen molar-refractivity contribution in [2.45, 2.75) is 36.4 Å². The number of nitrogens with zero attached hydrogens (tertiary/aromatic N) is 3. The van der Waals surface area contributed by atoms with Crippen molar-refractivity contribution in [3.05, 3.63) is 41.5 Å². The van der Waals surface area contributed by atoms with Crippen molar-refractivity contribution in [3.63, 3.8) is 0 Å². The Morgan fingerprint density at radius 2 is 2.21 bits per heavy atom. The highest BCUT2D eigenvalue weighted by atomic mass is 16.6. The van der Waals surface area contributed by atoms with E-state index < -0.39 is 0 Å². The Kier molecular flexibility index (Phi) is 2.83. The van der Waals surface area contributed by atoms with Crippen LogP contribution in [-0.4, -0.2) is 61.5 Å². The Bertz CT molecular complexity index is 972. The molecule has 0 unspecified atom stereocenters. The smallest absolute Gasteiger partial charge is 0.279 e. The summed E-state index contributed by atoms with van der Waals surface area (Å²) >= 11 is 0. The maximum atomic E-state index is 13.7. The number of benzene rings is 1.